The maximum atomic E-state index is 11.3. The highest BCUT2D eigenvalue weighted by Gasteiger charge is 2.09. The molecule has 2 aromatic rings. The van der Waals surface area contributed by atoms with Gasteiger partial charge in [0.15, 0.2) is 0 Å². The van der Waals surface area contributed by atoms with E-state index in [4.69, 9.17) is 4.74 Å². The van der Waals surface area contributed by atoms with E-state index < -0.39 is 10.0 Å². The molecule has 0 saturated carbocycles. The van der Waals surface area contributed by atoms with Gasteiger partial charge in [0.2, 0.25) is 10.0 Å². The highest BCUT2D eigenvalue weighted by Crippen LogP contribution is 2.18. The Morgan fingerprint density at radius 2 is 2.22 bits per heavy atom. The number of sulfonamides is 1. The van der Waals surface area contributed by atoms with Crippen molar-refractivity contribution in [3.8, 4) is 5.75 Å². The monoisotopic (exact) mass is 269 g/mol. The van der Waals surface area contributed by atoms with Crippen LogP contribution in [0.4, 0.5) is 0 Å². The summed E-state index contributed by atoms with van der Waals surface area (Å²) in [4.78, 5) is 7.34. The fraction of sp³-hybridized carbons (Fsp3) is 0.364. The van der Waals surface area contributed by atoms with E-state index >= 15 is 0 Å². The van der Waals surface area contributed by atoms with E-state index in [1.54, 1.807) is 14.0 Å². The first-order chi connectivity index (χ1) is 8.54. The van der Waals surface area contributed by atoms with Crippen molar-refractivity contribution in [3.63, 3.8) is 0 Å². The summed E-state index contributed by atoms with van der Waals surface area (Å²) in [6, 6.07) is 5.45. The minimum absolute atomic E-state index is 0.0566. The summed E-state index contributed by atoms with van der Waals surface area (Å²) in [5.41, 5.74) is 1.60. The maximum absolute atomic E-state index is 11.3. The van der Waals surface area contributed by atoms with E-state index in [0.29, 0.717) is 5.82 Å². The van der Waals surface area contributed by atoms with E-state index in [1.165, 1.54) is 0 Å². The zero-order chi connectivity index (χ0) is 13.2. The average Bonchev–Trinajstić information content (AvgIpc) is 2.78. The fourth-order valence-corrected chi connectivity index (χ4v) is 2.09. The van der Waals surface area contributed by atoms with E-state index in [9.17, 15) is 8.42 Å². The molecule has 98 valence electrons. The summed E-state index contributed by atoms with van der Waals surface area (Å²) in [7, 11) is -1.61. The Morgan fingerprint density at radius 3 is 2.89 bits per heavy atom. The number of aromatic amines is 1. The Hall–Kier alpha value is -1.60. The Bertz CT molecular complexity index is 649. The van der Waals surface area contributed by atoms with E-state index in [1.807, 2.05) is 18.2 Å². The maximum Gasteiger partial charge on any atom is 0.211 e. The summed E-state index contributed by atoms with van der Waals surface area (Å²) in [5, 5.41) is 0. The number of benzene rings is 1. The zero-order valence-electron chi connectivity index (χ0n) is 10.2. The van der Waals surface area contributed by atoms with Crippen molar-refractivity contribution in [2.24, 2.45) is 0 Å². The molecular formula is C11H15N3O3S. The smallest absolute Gasteiger partial charge is 0.211 e. The standard InChI is InChI=1S/C11H15N3O3S/c1-3-18(15,16)12-7-11-13-9-5-4-8(17-2)6-10(9)14-11/h4-6,12H,3,7H2,1-2H3,(H,13,14). The molecule has 0 fully saturated rings. The number of methoxy groups -OCH3 is 1. The van der Waals surface area contributed by atoms with Gasteiger partial charge in [0.05, 0.1) is 30.4 Å². The summed E-state index contributed by atoms with van der Waals surface area (Å²) in [5.74, 6) is 1.36. The van der Waals surface area contributed by atoms with Gasteiger partial charge in [-0.3, -0.25) is 0 Å². The summed E-state index contributed by atoms with van der Waals surface area (Å²) in [6.45, 7) is 1.75. The summed E-state index contributed by atoms with van der Waals surface area (Å²) < 4.78 is 30.2. The zero-order valence-corrected chi connectivity index (χ0v) is 11.0. The van der Waals surface area contributed by atoms with Crippen LogP contribution in [0.2, 0.25) is 0 Å². The van der Waals surface area contributed by atoms with Gasteiger partial charge in [-0.2, -0.15) is 0 Å². The minimum atomic E-state index is -3.20. The predicted molar refractivity (Wildman–Crippen MR) is 68.9 cm³/mol. The number of aromatic nitrogens is 2. The van der Waals surface area contributed by atoms with Gasteiger partial charge in [-0.1, -0.05) is 0 Å². The van der Waals surface area contributed by atoms with Crippen LogP contribution in [0, 0.1) is 0 Å². The van der Waals surface area contributed by atoms with Gasteiger partial charge in [-0.05, 0) is 19.1 Å². The summed E-state index contributed by atoms with van der Waals surface area (Å²) in [6.07, 6.45) is 0. The second kappa shape index (κ2) is 4.95. The number of nitrogens with zero attached hydrogens (tertiary/aromatic N) is 1. The van der Waals surface area contributed by atoms with Gasteiger partial charge in [0.25, 0.3) is 0 Å². The normalized spacial score (nSPS) is 11.9. The van der Waals surface area contributed by atoms with Crippen LogP contribution in [0.1, 0.15) is 12.7 Å². The molecule has 0 atom stereocenters. The molecule has 0 aliphatic rings. The van der Waals surface area contributed by atoms with Crippen molar-refractivity contribution in [3.05, 3.63) is 24.0 Å². The van der Waals surface area contributed by atoms with Crippen molar-refractivity contribution in [2.75, 3.05) is 12.9 Å². The van der Waals surface area contributed by atoms with Crippen molar-refractivity contribution in [1.82, 2.24) is 14.7 Å². The lowest BCUT2D eigenvalue weighted by Crippen LogP contribution is -2.25. The van der Waals surface area contributed by atoms with Crippen LogP contribution < -0.4 is 9.46 Å². The molecule has 0 bridgehead atoms. The molecule has 0 unspecified atom stereocenters. The average molecular weight is 269 g/mol. The van der Waals surface area contributed by atoms with Gasteiger partial charge in [0, 0.05) is 6.07 Å². The first-order valence-electron chi connectivity index (χ1n) is 5.54. The first kappa shape index (κ1) is 12.8. The van der Waals surface area contributed by atoms with Gasteiger partial charge >= 0.3 is 0 Å². The second-order valence-electron chi connectivity index (χ2n) is 3.79. The van der Waals surface area contributed by atoms with Crippen molar-refractivity contribution < 1.29 is 13.2 Å². The van der Waals surface area contributed by atoms with E-state index in [-0.39, 0.29) is 12.3 Å². The van der Waals surface area contributed by atoms with Gasteiger partial charge in [0.1, 0.15) is 11.6 Å². The third-order valence-corrected chi connectivity index (χ3v) is 3.92. The Kier molecular flexibility index (Phi) is 3.53. The Morgan fingerprint density at radius 1 is 1.44 bits per heavy atom. The van der Waals surface area contributed by atoms with Crippen molar-refractivity contribution in [1.29, 1.82) is 0 Å². The lowest BCUT2D eigenvalue weighted by Gasteiger charge is -2.00. The molecular weight excluding hydrogens is 254 g/mol. The van der Waals surface area contributed by atoms with Crippen LogP contribution in [-0.2, 0) is 16.6 Å². The van der Waals surface area contributed by atoms with Crippen molar-refractivity contribution in [2.45, 2.75) is 13.5 Å². The molecule has 1 aromatic carbocycles. The van der Waals surface area contributed by atoms with Gasteiger partial charge in [-0.25, -0.2) is 18.1 Å². The van der Waals surface area contributed by atoms with Crippen LogP contribution in [0.3, 0.4) is 0 Å². The molecule has 0 saturated heterocycles. The molecule has 0 aliphatic carbocycles. The number of fused-ring (bicyclic) bond motifs is 1. The number of H-pyrrole nitrogens is 1. The molecule has 0 spiro atoms. The quantitative estimate of drug-likeness (QED) is 0.848. The van der Waals surface area contributed by atoms with Crippen molar-refractivity contribution >= 4 is 21.1 Å². The van der Waals surface area contributed by atoms with Crippen LogP contribution >= 0.6 is 0 Å². The molecule has 6 nitrogen and oxygen atoms in total. The number of imidazole rings is 1. The molecule has 2 N–H and O–H groups in total. The number of nitrogens with one attached hydrogen (secondary N) is 2. The van der Waals surface area contributed by atoms with E-state index in [2.05, 4.69) is 14.7 Å². The molecule has 1 aromatic heterocycles. The molecule has 0 amide bonds. The van der Waals surface area contributed by atoms with Crippen LogP contribution in [0.15, 0.2) is 18.2 Å². The number of hydrogen-bond acceptors (Lipinski definition) is 4. The molecule has 2 rings (SSSR count). The van der Waals surface area contributed by atoms with Gasteiger partial charge < -0.3 is 9.72 Å². The van der Waals surface area contributed by atoms with Crippen LogP contribution in [-0.4, -0.2) is 31.2 Å². The topological polar surface area (TPSA) is 84.1 Å². The number of ether oxygens (including phenoxy) is 1. The molecule has 18 heavy (non-hydrogen) atoms. The number of rotatable bonds is 5. The Labute approximate surface area is 105 Å². The molecule has 0 aliphatic heterocycles. The molecule has 1 heterocycles. The Balaban J connectivity index is 2.20. The predicted octanol–water partition coefficient (Wildman–Crippen LogP) is 1.01. The van der Waals surface area contributed by atoms with Crippen LogP contribution in [0.25, 0.3) is 11.0 Å². The lowest BCUT2D eigenvalue weighted by atomic mass is 10.3. The SMILES string of the molecule is CCS(=O)(=O)NCc1nc2ccc(OC)cc2[nH]1. The fourth-order valence-electron chi connectivity index (χ4n) is 1.53. The van der Waals surface area contributed by atoms with Crippen LogP contribution in [0.5, 0.6) is 5.75 Å². The summed E-state index contributed by atoms with van der Waals surface area (Å²) >= 11 is 0. The van der Waals surface area contributed by atoms with Gasteiger partial charge in [-0.15, -0.1) is 0 Å². The highest BCUT2D eigenvalue weighted by molar-refractivity contribution is 7.89. The molecule has 0 radical (unpaired) electrons. The minimum Gasteiger partial charge on any atom is -0.497 e. The largest absolute Gasteiger partial charge is 0.497 e. The number of hydrogen-bond donors (Lipinski definition) is 2. The van der Waals surface area contributed by atoms with E-state index in [0.717, 1.165) is 16.8 Å². The molecule has 7 heteroatoms. The third-order valence-electron chi connectivity index (χ3n) is 2.58. The lowest BCUT2D eigenvalue weighted by molar-refractivity contribution is 0.415. The second-order valence-corrected chi connectivity index (χ2v) is 5.89. The third kappa shape index (κ3) is 2.80. The highest BCUT2D eigenvalue weighted by atomic mass is 32.2. The first-order valence-corrected chi connectivity index (χ1v) is 7.19.